The second-order valence-corrected chi connectivity index (χ2v) is 11.4. The second-order valence-electron chi connectivity index (χ2n) is 8.20. The number of nitriles is 1. The van der Waals surface area contributed by atoms with Crippen molar-refractivity contribution in [3.63, 3.8) is 0 Å². The van der Waals surface area contributed by atoms with Crippen LogP contribution in [0.2, 0.25) is 10.0 Å². The van der Waals surface area contributed by atoms with Gasteiger partial charge in [0.05, 0.1) is 34.1 Å². The van der Waals surface area contributed by atoms with Crippen LogP contribution in [0.5, 0.6) is 0 Å². The first kappa shape index (κ1) is 24.3. The Bertz CT molecular complexity index is 1370. The van der Waals surface area contributed by atoms with E-state index < -0.39 is 15.1 Å². The standard InChI is InChI=1S/C24H22Cl2N4O3S/c1-34(32,33)18-11-14-29(15-12-18)24(31)22-19(10-13-27)23(16-6-8-17(25)9-7-16)30(28-22)21-5-3-2-4-20(21)26/h2-9,18H,10-12,14-15H2,1H3. The molecule has 4 rings (SSSR count). The molecule has 0 saturated carbocycles. The molecule has 176 valence electrons. The largest absolute Gasteiger partial charge is 0.337 e. The normalized spacial score (nSPS) is 14.7. The highest BCUT2D eigenvalue weighted by atomic mass is 35.5. The number of sulfone groups is 1. The maximum atomic E-state index is 13.6. The molecule has 0 spiro atoms. The molecular weight excluding hydrogens is 495 g/mol. The van der Waals surface area contributed by atoms with Gasteiger partial charge >= 0.3 is 0 Å². The van der Waals surface area contributed by atoms with Crippen molar-refractivity contribution in [2.75, 3.05) is 19.3 Å². The topological polar surface area (TPSA) is 96.1 Å². The number of nitrogens with zero attached hydrogens (tertiary/aromatic N) is 4. The number of likely N-dealkylation sites (tertiary alicyclic amines) is 1. The number of piperidine rings is 1. The quantitative estimate of drug-likeness (QED) is 0.495. The van der Waals surface area contributed by atoms with Crippen LogP contribution in [0, 0.1) is 11.3 Å². The number of aromatic nitrogens is 2. The van der Waals surface area contributed by atoms with Crippen LogP contribution in [0.15, 0.2) is 48.5 Å². The van der Waals surface area contributed by atoms with Gasteiger partial charge in [-0.2, -0.15) is 10.4 Å². The molecule has 1 amide bonds. The molecule has 0 atom stereocenters. The summed E-state index contributed by atoms with van der Waals surface area (Å²) in [6, 6.07) is 16.3. The fraction of sp³-hybridized carbons (Fsp3) is 0.292. The lowest BCUT2D eigenvalue weighted by atomic mass is 10.0. The van der Waals surface area contributed by atoms with Crippen LogP contribution in [0.4, 0.5) is 0 Å². The average molecular weight is 517 g/mol. The molecular formula is C24H22Cl2N4O3S. The maximum absolute atomic E-state index is 13.6. The summed E-state index contributed by atoms with van der Waals surface area (Å²) in [4.78, 5) is 15.2. The van der Waals surface area contributed by atoms with E-state index in [1.165, 1.54) is 6.26 Å². The summed E-state index contributed by atoms with van der Waals surface area (Å²) in [6.07, 6.45) is 1.92. The van der Waals surface area contributed by atoms with Crippen molar-refractivity contribution in [1.29, 1.82) is 5.26 Å². The Hall–Kier alpha value is -2.86. The zero-order chi connectivity index (χ0) is 24.5. The van der Waals surface area contributed by atoms with Gasteiger partial charge in [0.1, 0.15) is 9.84 Å². The number of benzene rings is 2. The van der Waals surface area contributed by atoms with Crippen LogP contribution in [0.1, 0.15) is 28.9 Å². The van der Waals surface area contributed by atoms with E-state index in [0.717, 1.165) is 5.56 Å². The summed E-state index contributed by atoms with van der Waals surface area (Å²) in [7, 11) is -3.17. The van der Waals surface area contributed by atoms with Crippen molar-refractivity contribution in [3.05, 3.63) is 69.8 Å². The predicted octanol–water partition coefficient (Wildman–Crippen LogP) is 4.56. The zero-order valence-electron chi connectivity index (χ0n) is 18.4. The van der Waals surface area contributed by atoms with Crippen molar-refractivity contribution < 1.29 is 13.2 Å². The van der Waals surface area contributed by atoms with Gasteiger partial charge in [0.15, 0.2) is 5.69 Å². The van der Waals surface area contributed by atoms with Gasteiger partial charge in [0.25, 0.3) is 5.91 Å². The van der Waals surface area contributed by atoms with Crippen LogP contribution >= 0.6 is 23.2 Å². The van der Waals surface area contributed by atoms with Crippen molar-refractivity contribution in [2.24, 2.45) is 0 Å². The molecule has 1 fully saturated rings. The minimum Gasteiger partial charge on any atom is -0.337 e. The van der Waals surface area contributed by atoms with Gasteiger partial charge in [-0.15, -0.1) is 0 Å². The number of rotatable bonds is 5. The van der Waals surface area contributed by atoms with Gasteiger partial charge in [-0.25, -0.2) is 13.1 Å². The molecule has 34 heavy (non-hydrogen) atoms. The molecule has 2 aromatic carbocycles. The Balaban J connectivity index is 1.83. The van der Waals surface area contributed by atoms with E-state index in [0.29, 0.717) is 52.9 Å². The third kappa shape index (κ3) is 4.83. The van der Waals surface area contributed by atoms with Gasteiger partial charge in [-0.1, -0.05) is 47.5 Å². The Morgan fingerprint density at radius 2 is 1.76 bits per heavy atom. The summed E-state index contributed by atoms with van der Waals surface area (Å²) in [5.74, 6) is -0.335. The van der Waals surface area contributed by atoms with E-state index in [-0.39, 0.29) is 18.0 Å². The second kappa shape index (κ2) is 9.79. The molecule has 3 aromatic rings. The predicted molar refractivity (Wildman–Crippen MR) is 132 cm³/mol. The van der Waals surface area contributed by atoms with Crippen LogP contribution in [-0.4, -0.2) is 53.6 Å². The lowest BCUT2D eigenvalue weighted by Crippen LogP contribution is -2.42. The zero-order valence-corrected chi connectivity index (χ0v) is 20.7. The maximum Gasteiger partial charge on any atom is 0.274 e. The Morgan fingerprint density at radius 1 is 1.12 bits per heavy atom. The van der Waals surface area contributed by atoms with E-state index in [1.807, 2.05) is 6.07 Å². The molecule has 0 bridgehead atoms. The first-order valence-corrected chi connectivity index (χ1v) is 13.4. The molecule has 1 aromatic heterocycles. The number of carbonyl (C=O) groups excluding carboxylic acids is 1. The summed E-state index contributed by atoms with van der Waals surface area (Å²) in [5.41, 5.74) is 2.53. The number of hydrogen-bond donors (Lipinski definition) is 0. The Kier molecular flexibility index (Phi) is 6.99. The van der Waals surface area contributed by atoms with Crippen molar-refractivity contribution in [3.8, 4) is 23.0 Å². The van der Waals surface area contributed by atoms with Gasteiger partial charge in [0.2, 0.25) is 0 Å². The minimum atomic E-state index is -3.17. The van der Waals surface area contributed by atoms with Crippen molar-refractivity contribution in [1.82, 2.24) is 14.7 Å². The van der Waals surface area contributed by atoms with Gasteiger partial charge in [-0.3, -0.25) is 4.79 Å². The minimum absolute atomic E-state index is 0.0384. The number of hydrogen-bond acceptors (Lipinski definition) is 5. The van der Waals surface area contributed by atoms with E-state index in [2.05, 4.69) is 11.2 Å². The first-order chi connectivity index (χ1) is 16.2. The molecule has 0 aliphatic carbocycles. The number of amides is 1. The third-order valence-electron chi connectivity index (χ3n) is 5.97. The SMILES string of the molecule is CS(=O)(=O)C1CCN(C(=O)c2nn(-c3ccccc3Cl)c(-c3ccc(Cl)cc3)c2CC#N)CC1. The molecule has 1 aliphatic rings. The number of halogens is 2. The van der Waals surface area contributed by atoms with Crippen LogP contribution in [0.25, 0.3) is 16.9 Å². The summed E-state index contributed by atoms with van der Waals surface area (Å²) >= 11 is 12.6. The molecule has 10 heteroatoms. The molecule has 2 heterocycles. The fourth-order valence-corrected chi connectivity index (χ4v) is 5.62. The molecule has 0 radical (unpaired) electrons. The summed E-state index contributed by atoms with van der Waals surface area (Å²) < 4.78 is 25.4. The molecule has 7 nitrogen and oxygen atoms in total. The fourth-order valence-electron chi connectivity index (χ4n) is 4.21. The van der Waals surface area contributed by atoms with Crippen LogP contribution in [-0.2, 0) is 16.3 Å². The summed E-state index contributed by atoms with van der Waals surface area (Å²) in [5, 5.41) is 14.8. The first-order valence-electron chi connectivity index (χ1n) is 10.7. The molecule has 1 saturated heterocycles. The van der Waals surface area contributed by atoms with Gasteiger partial charge < -0.3 is 4.90 Å². The lowest BCUT2D eigenvalue weighted by molar-refractivity contribution is 0.0718. The third-order valence-corrected chi connectivity index (χ3v) is 8.23. The van der Waals surface area contributed by atoms with E-state index >= 15 is 0 Å². The van der Waals surface area contributed by atoms with Gasteiger partial charge in [0, 0.05) is 35.5 Å². The Labute approximate surface area is 208 Å². The highest BCUT2D eigenvalue weighted by Crippen LogP contribution is 2.33. The van der Waals surface area contributed by atoms with E-state index in [4.69, 9.17) is 23.2 Å². The van der Waals surface area contributed by atoms with Crippen molar-refractivity contribution in [2.45, 2.75) is 24.5 Å². The smallest absolute Gasteiger partial charge is 0.274 e. The highest BCUT2D eigenvalue weighted by Gasteiger charge is 2.33. The Morgan fingerprint density at radius 3 is 2.35 bits per heavy atom. The monoisotopic (exact) mass is 516 g/mol. The van der Waals surface area contributed by atoms with Crippen molar-refractivity contribution >= 4 is 38.9 Å². The number of carbonyl (C=O) groups is 1. The van der Waals surface area contributed by atoms with Crippen LogP contribution < -0.4 is 0 Å². The summed E-state index contributed by atoms with van der Waals surface area (Å²) in [6.45, 7) is 0.607. The molecule has 0 N–H and O–H groups in total. The average Bonchev–Trinajstić information content (AvgIpc) is 3.18. The van der Waals surface area contributed by atoms with Gasteiger partial charge in [-0.05, 0) is 37.1 Å². The number of para-hydroxylation sites is 1. The lowest BCUT2D eigenvalue weighted by Gasteiger charge is -2.30. The van der Waals surface area contributed by atoms with E-state index in [1.54, 1.807) is 52.0 Å². The molecule has 0 unspecified atom stereocenters. The highest BCUT2D eigenvalue weighted by molar-refractivity contribution is 7.91. The van der Waals surface area contributed by atoms with E-state index in [9.17, 15) is 18.5 Å². The molecule has 1 aliphatic heterocycles. The van der Waals surface area contributed by atoms with Crippen LogP contribution in [0.3, 0.4) is 0 Å².